The second kappa shape index (κ2) is 7.24. The molecule has 1 saturated carbocycles. The minimum atomic E-state index is -1.18. The van der Waals surface area contributed by atoms with Crippen LogP contribution >= 0.6 is 47.8 Å². The number of carboxylic acids is 1. The van der Waals surface area contributed by atoms with Crippen LogP contribution in [0.5, 0.6) is 5.75 Å². The van der Waals surface area contributed by atoms with Crippen LogP contribution in [0.25, 0.3) is 0 Å². The topological polar surface area (TPSA) is 66.4 Å². The summed E-state index contributed by atoms with van der Waals surface area (Å²) in [5, 5.41) is 11.2. The first kappa shape index (κ1) is 17.0. The summed E-state index contributed by atoms with van der Waals surface area (Å²) in [5.74, 6) is -2.76. The number of hydrogen-bond acceptors (Lipinski definition) is 4. The molecule has 4 nitrogen and oxygen atoms in total. The molecule has 1 aromatic carbocycles. The summed E-state index contributed by atoms with van der Waals surface area (Å²) >= 11 is 9.99. The fourth-order valence-corrected chi connectivity index (χ4v) is 4.92. The molecule has 0 aliphatic heterocycles. The third kappa shape index (κ3) is 4.07. The molecule has 0 amide bonds. The van der Waals surface area contributed by atoms with E-state index in [1.165, 1.54) is 0 Å². The standard InChI is InChI=1S/C14H13Br3O4/c15-7-5-10(16)12(11(17)6-7)21-14(20)9-4-2-1-3-8(9)13(18)19/h5-6,8-9H,1-4H2,(H,18,19)/p-1. The zero-order valence-corrected chi connectivity index (χ0v) is 15.7. The number of esters is 1. The van der Waals surface area contributed by atoms with E-state index in [0.29, 0.717) is 27.5 Å². The maximum Gasteiger partial charge on any atom is 0.315 e. The smallest absolute Gasteiger partial charge is 0.315 e. The van der Waals surface area contributed by atoms with E-state index in [1.807, 2.05) is 0 Å². The van der Waals surface area contributed by atoms with Gasteiger partial charge in [-0.3, -0.25) is 4.79 Å². The molecule has 1 aliphatic carbocycles. The first-order valence-electron chi connectivity index (χ1n) is 6.47. The van der Waals surface area contributed by atoms with E-state index in [0.717, 1.165) is 17.3 Å². The lowest BCUT2D eigenvalue weighted by Crippen LogP contribution is -2.42. The predicted octanol–water partition coefficient (Wildman–Crippen LogP) is 3.44. The molecule has 0 bridgehead atoms. The van der Waals surface area contributed by atoms with Crippen LogP contribution in [-0.4, -0.2) is 11.9 Å². The lowest BCUT2D eigenvalue weighted by Gasteiger charge is -2.30. The normalized spacial score (nSPS) is 21.9. The summed E-state index contributed by atoms with van der Waals surface area (Å²) in [6.07, 6.45) is 2.61. The van der Waals surface area contributed by atoms with Crippen LogP contribution in [0.15, 0.2) is 25.6 Å². The Hall–Kier alpha value is -0.400. The van der Waals surface area contributed by atoms with Crippen LogP contribution in [0.3, 0.4) is 0 Å². The molecule has 2 rings (SSSR count). The highest BCUT2D eigenvalue weighted by Gasteiger charge is 2.33. The number of aliphatic carboxylic acids is 1. The van der Waals surface area contributed by atoms with Crippen molar-refractivity contribution in [3.63, 3.8) is 0 Å². The van der Waals surface area contributed by atoms with Crippen LogP contribution in [0, 0.1) is 11.8 Å². The van der Waals surface area contributed by atoms with Crippen LogP contribution in [0.2, 0.25) is 0 Å². The van der Waals surface area contributed by atoms with Gasteiger partial charge in [0.2, 0.25) is 0 Å². The number of carbonyl (C=O) groups excluding carboxylic acids is 2. The highest BCUT2D eigenvalue weighted by atomic mass is 79.9. The minimum absolute atomic E-state index is 0.353. The van der Waals surface area contributed by atoms with E-state index in [1.54, 1.807) is 12.1 Å². The van der Waals surface area contributed by atoms with Crippen molar-refractivity contribution in [3.05, 3.63) is 25.6 Å². The number of halogens is 3. The van der Waals surface area contributed by atoms with Crippen molar-refractivity contribution in [2.45, 2.75) is 25.7 Å². The van der Waals surface area contributed by atoms with Gasteiger partial charge < -0.3 is 14.6 Å². The molecule has 21 heavy (non-hydrogen) atoms. The number of benzene rings is 1. The summed E-state index contributed by atoms with van der Waals surface area (Å²) in [5.41, 5.74) is 0. The van der Waals surface area contributed by atoms with Gasteiger partial charge in [-0.25, -0.2) is 0 Å². The van der Waals surface area contributed by atoms with Gasteiger partial charge in [0.15, 0.2) is 5.75 Å². The van der Waals surface area contributed by atoms with E-state index in [4.69, 9.17) is 4.74 Å². The number of carbonyl (C=O) groups is 2. The van der Waals surface area contributed by atoms with Crippen LogP contribution < -0.4 is 9.84 Å². The molecule has 7 heteroatoms. The van der Waals surface area contributed by atoms with Gasteiger partial charge in [-0.2, -0.15) is 0 Å². The fraction of sp³-hybridized carbons (Fsp3) is 0.429. The molecule has 114 valence electrons. The van der Waals surface area contributed by atoms with E-state index in [9.17, 15) is 14.7 Å². The van der Waals surface area contributed by atoms with E-state index in [-0.39, 0.29) is 0 Å². The van der Waals surface area contributed by atoms with Crippen LogP contribution in [0.4, 0.5) is 0 Å². The van der Waals surface area contributed by atoms with Crippen molar-refractivity contribution in [2.75, 3.05) is 0 Å². The SMILES string of the molecule is O=C([O-])C1CCCCC1C(=O)Oc1c(Br)cc(Br)cc1Br. The number of carboxylic acid groups (broad SMARTS) is 1. The Bertz CT molecular complexity index is 550. The number of hydrogen-bond donors (Lipinski definition) is 0. The third-order valence-corrected chi connectivity index (χ3v) is 5.17. The number of rotatable bonds is 3. The molecular weight excluding hydrogens is 472 g/mol. The van der Waals surface area contributed by atoms with Gasteiger partial charge in [0.1, 0.15) is 0 Å². The quantitative estimate of drug-likeness (QED) is 0.488. The minimum Gasteiger partial charge on any atom is -0.550 e. The Labute approximate surface area is 147 Å². The van der Waals surface area contributed by atoms with Crippen molar-refractivity contribution < 1.29 is 19.4 Å². The monoisotopic (exact) mass is 481 g/mol. The summed E-state index contributed by atoms with van der Waals surface area (Å²) in [6.45, 7) is 0. The van der Waals surface area contributed by atoms with Gasteiger partial charge in [0.05, 0.1) is 14.9 Å². The van der Waals surface area contributed by atoms with Crippen molar-refractivity contribution in [3.8, 4) is 5.75 Å². The van der Waals surface area contributed by atoms with E-state index >= 15 is 0 Å². The molecule has 1 fully saturated rings. The van der Waals surface area contributed by atoms with Gasteiger partial charge >= 0.3 is 5.97 Å². The Kier molecular flexibility index (Phi) is 5.85. The molecule has 0 radical (unpaired) electrons. The Morgan fingerprint density at radius 3 is 2.10 bits per heavy atom. The van der Waals surface area contributed by atoms with Gasteiger partial charge in [0.25, 0.3) is 0 Å². The van der Waals surface area contributed by atoms with Gasteiger partial charge in [-0.15, -0.1) is 0 Å². The molecule has 2 atom stereocenters. The molecule has 0 aromatic heterocycles. The molecule has 1 aliphatic rings. The van der Waals surface area contributed by atoms with Crippen molar-refractivity contribution in [1.29, 1.82) is 0 Å². The lowest BCUT2D eigenvalue weighted by molar-refractivity contribution is -0.314. The zero-order chi connectivity index (χ0) is 15.6. The molecular formula is C14H12Br3O4-. The molecule has 0 N–H and O–H groups in total. The van der Waals surface area contributed by atoms with Gasteiger partial charge in [0, 0.05) is 16.4 Å². The Morgan fingerprint density at radius 1 is 1.05 bits per heavy atom. The molecule has 2 unspecified atom stereocenters. The second-order valence-corrected chi connectivity index (χ2v) is 7.56. The summed E-state index contributed by atoms with van der Waals surface area (Å²) in [7, 11) is 0. The van der Waals surface area contributed by atoms with E-state index in [2.05, 4.69) is 47.8 Å². The highest BCUT2D eigenvalue weighted by Crippen LogP contribution is 2.38. The van der Waals surface area contributed by atoms with Gasteiger partial charge in [-0.1, -0.05) is 28.8 Å². The summed E-state index contributed by atoms with van der Waals surface area (Å²) in [6, 6.07) is 3.51. The fourth-order valence-electron chi connectivity index (χ4n) is 2.50. The molecule has 0 heterocycles. The van der Waals surface area contributed by atoms with E-state index < -0.39 is 23.8 Å². The molecule has 1 aromatic rings. The second-order valence-electron chi connectivity index (χ2n) is 4.94. The van der Waals surface area contributed by atoms with Crippen molar-refractivity contribution >= 4 is 59.7 Å². The van der Waals surface area contributed by atoms with Gasteiger partial charge in [-0.05, 0) is 56.8 Å². The van der Waals surface area contributed by atoms with Crippen molar-refractivity contribution in [2.24, 2.45) is 11.8 Å². The Morgan fingerprint density at radius 2 is 1.57 bits per heavy atom. The maximum atomic E-state index is 12.3. The highest BCUT2D eigenvalue weighted by molar-refractivity contribution is 9.11. The maximum absolute atomic E-state index is 12.3. The predicted molar refractivity (Wildman–Crippen MR) is 85.6 cm³/mol. The zero-order valence-electron chi connectivity index (χ0n) is 10.9. The summed E-state index contributed by atoms with van der Waals surface area (Å²) in [4.78, 5) is 23.5. The third-order valence-electron chi connectivity index (χ3n) is 3.54. The van der Waals surface area contributed by atoms with Crippen LogP contribution in [-0.2, 0) is 9.59 Å². The van der Waals surface area contributed by atoms with Crippen molar-refractivity contribution in [1.82, 2.24) is 0 Å². The average molecular weight is 484 g/mol. The molecule has 0 spiro atoms. The average Bonchev–Trinajstić information content (AvgIpc) is 2.42. The Balaban J connectivity index is 2.19. The van der Waals surface area contributed by atoms with Crippen LogP contribution in [0.1, 0.15) is 25.7 Å². The first-order valence-corrected chi connectivity index (χ1v) is 8.85. The molecule has 0 saturated heterocycles. The number of ether oxygens (including phenoxy) is 1. The summed E-state index contributed by atoms with van der Waals surface area (Å²) < 4.78 is 7.45. The largest absolute Gasteiger partial charge is 0.550 e. The first-order chi connectivity index (χ1) is 9.90. The lowest BCUT2D eigenvalue weighted by atomic mass is 9.79.